The van der Waals surface area contributed by atoms with Gasteiger partial charge in [-0.2, -0.15) is 8.42 Å². The molecule has 0 saturated carbocycles. The molecule has 9 heteroatoms. The monoisotopic (exact) mass is 296 g/mol. The van der Waals surface area contributed by atoms with Crippen molar-refractivity contribution in [1.82, 2.24) is 0 Å². The molecule has 0 spiro atoms. The number of carboxylic acid groups (broad SMARTS) is 1. The van der Waals surface area contributed by atoms with Crippen LogP contribution in [0.2, 0.25) is 0 Å². The second-order valence-electron chi connectivity index (χ2n) is 2.89. The van der Waals surface area contributed by atoms with Gasteiger partial charge in [0, 0.05) is 0 Å². The molecule has 0 fully saturated rings. The molecule has 0 atom stereocenters. The van der Waals surface area contributed by atoms with Gasteiger partial charge in [-0.3, -0.25) is 14.1 Å². The maximum Gasteiger partial charge on any atom is 0.448 e. The van der Waals surface area contributed by atoms with Crippen LogP contribution in [0.5, 0.6) is 0 Å². The summed E-state index contributed by atoms with van der Waals surface area (Å²) in [6.07, 6.45) is 2.27. The minimum absolute atomic E-state index is 0.547. The summed E-state index contributed by atoms with van der Waals surface area (Å²) in [5.41, 5.74) is 0. The van der Waals surface area contributed by atoms with Crippen LogP contribution < -0.4 is 0 Å². The third kappa shape index (κ3) is 22.0. The van der Waals surface area contributed by atoms with Crippen molar-refractivity contribution in [3.8, 4) is 0 Å². The molecule has 0 aliphatic carbocycles. The Balaban J connectivity index is 0. The van der Waals surface area contributed by atoms with Crippen molar-refractivity contribution in [2.45, 2.75) is 12.8 Å². The third-order valence-electron chi connectivity index (χ3n) is 1.21. The van der Waals surface area contributed by atoms with Gasteiger partial charge in [0.1, 0.15) is 0 Å². The summed E-state index contributed by atoms with van der Waals surface area (Å²) < 4.78 is 35.9. The fourth-order valence-electron chi connectivity index (χ4n) is 0.603. The van der Waals surface area contributed by atoms with Crippen LogP contribution in [0.1, 0.15) is 12.8 Å². The summed E-state index contributed by atoms with van der Waals surface area (Å²) in [6.45, 7) is 8.18. The molecular weight excluding hydrogens is 280 g/mol. The highest BCUT2D eigenvalue weighted by molar-refractivity contribution is 7.81. The van der Waals surface area contributed by atoms with Crippen LogP contribution >= 0.6 is 0 Å². The van der Waals surface area contributed by atoms with Crippen molar-refractivity contribution < 1.29 is 36.6 Å². The lowest BCUT2D eigenvalue weighted by Gasteiger charge is -1.96. The minimum Gasteiger partial charge on any atom is -0.481 e. The first kappa shape index (κ1) is 19.6. The highest BCUT2D eigenvalue weighted by Crippen LogP contribution is 1.96. The van der Waals surface area contributed by atoms with Crippen LogP contribution in [0, 0.1) is 0 Å². The van der Waals surface area contributed by atoms with Gasteiger partial charge < -0.3 is 14.0 Å². The van der Waals surface area contributed by atoms with Gasteiger partial charge in [0.15, 0.2) is 0 Å². The lowest BCUT2D eigenvalue weighted by atomic mass is 10.3. The molecule has 0 aromatic carbocycles. The Morgan fingerprint density at radius 1 is 1.11 bits per heavy atom. The van der Waals surface area contributed by atoms with Gasteiger partial charge in [0.25, 0.3) is 0 Å². The fourth-order valence-corrected chi connectivity index (χ4v) is 0.921. The molecule has 110 valence electrons. The number of carboxylic acids is 1. The van der Waals surface area contributed by atoms with Crippen molar-refractivity contribution in [1.29, 1.82) is 0 Å². The Bertz CT molecular complexity index is 390. The molecule has 0 bridgehead atoms. The van der Waals surface area contributed by atoms with E-state index in [1.54, 1.807) is 12.2 Å². The molecule has 0 aliphatic heterocycles. The number of hydrogen-bond acceptors (Lipinski definition) is 6. The van der Waals surface area contributed by atoms with Gasteiger partial charge in [-0.25, -0.2) is 0 Å². The molecule has 0 radical (unpaired) electrons. The predicted octanol–water partition coefficient (Wildman–Crippen LogP) is 0.572. The van der Waals surface area contributed by atoms with Crippen LogP contribution in [0.3, 0.4) is 0 Å². The van der Waals surface area contributed by atoms with Gasteiger partial charge in [0.05, 0.1) is 26.1 Å². The van der Waals surface area contributed by atoms with E-state index in [1.165, 1.54) is 0 Å². The molecule has 8 nitrogen and oxygen atoms in total. The standard InChI is InChI=1S/C6H10O.C4H6O7S/c1-3-5-7-6-4-2;5-3(6)1-2-4(7)11-12(8,9)10/h3-4H,1-2,5-6H2;1-2H2,(H,5,6)(H,8,9,10). The van der Waals surface area contributed by atoms with Crippen molar-refractivity contribution in [2.24, 2.45) is 0 Å². The number of rotatable bonds is 8. The number of ether oxygens (including phenoxy) is 1. The number of hydrogen-bond donors (Lipinski definition) is 2. The van der Waals surface area contributed by atoms with Gasteiger partial charge in [-0.15, -0.1) is 13.2 Å². The Labute approximate surface area is 111 Å². The Kier molecular flexibility index (Phi) is 11.8. The van der Waals surface area contributed by atoms with Crippen LogP contribution in [-0.2, 0) is 28.9 Å². The average molecular weight is 296 g/mol. The summed E-state index contributed by atoms with van der Waals surface area (Å²) in [5.74, 6) is -2.57. The normalized spacial score (nSPS) is 9.74. The molecule has 0 amide bonds. The summed E-state index contributed by atoms with van der Waals surface area (Å²) in [5, 5.41) is 8.04. The molecule has 0 aromatic rings. The van der Waals surface area contributed by atoms with Crippen molar-refractivity contribution in [2.75, 3.05) is 13.2 Å². The Hall–Kier alpha value is -1.71. The van der Waals surface area contributed by atoms with E-state index >= 15 is 0 Å². The van der Waals surface area contributed by atoms with Crippen molar-refractivity contribution in [3.63, 3.8) is 0 Å². The summed E-state index contributed by atoms with van der Waals surface area (Å²) in [4.78, 5) is 20.2. The van der Waals surface area contributed by atoms with Gasteiger partial charge in [0.2, 0.25) is 0 Å². The first-order valence-electron chi connectivity index (χ1n) is 4.94. The number of carbonyl (C=O) groups excluding carboxylic acids is 1. The van der Waals surface area contributed by atoms with E-state index in [1.807, 2.05) is 0 Å². The van der Waals surface area contributed by atoms with E-state index in [4.69, 9.17) is 14.4 Å². The van der Waals surface area contributed by atoms with Crippen LogP contribution in [0.25, 0.3) is 0 Å². The summed E-state index contributed by atoms with van der Waals surface area (Å²) in [6, 6.07) is 0. The topological polar surface area (TPSA) is 127 Å². The van der Waals surface area contributed by atoms with E-state index in [-0.39, 0.29) is 0 Å². The van der Waals surface area contributed by atoms with E-state index in [0.29, 0.717) is 13.2 Å². The zero-order valence-electron chi connectivity index (χ0n) is 10.1. The maximum atomic E-state index is 10.3. The van der Waals surface area contributed by atoms with Crippen LogP contribution in [-0.4, -0.2) is 43.2 Å². The van der Waals surface area contributed by atoms with Crippen LogP contribution in [0.4, 0.5) is 0 Å². The van der Waals surface area contributed by atoms with Crippen molar-refractivity contribution >= 4 is 22.3 Å². The SMILES string of the molecule is C=CCOCC=C.O=C(O)CCC(=O)OS(=O)(=O)O. The molecule has 0 aromatic heterocycles. The molecule has 2 N–H and O–H groups in total. The molecule has 0 saturated heterocycles. The smallest absolute Gasteiger partial charge is 0.448 e. The van der Waals surface area contributed by atoms with E-state index in [9.17, 15) is 18.0 Å². The van der Waals surface area contributed by atoms with Gasteiger partial charge in [-0.05, 0) is 0 Å². The predicted molar refractivity (Wildman–Crippen MR) is 65.7 cm³/mol. The van der Waals surface area contributed by atoms with Gasteiger partial charge >= 0.3 is 22.3 Å². The maximum absolute atomic E-state index is 10.3. The zero-order valence-corrected chi connectivity index (χ0v) is 11.0. The molecular formula is C10H16O8S. The lowest BCUT2D eigenvalue weighted by Crippen LogP contribution is -2.12. The molecule has 0 unspecified atom stereocenters. The highest BCUT2D eigenvalue weighted by atomic mass is 32.3. The number of carbonyl (C=O) groups is 2. The largest absolute Gasteiger partial charge is 0.481 e. The van der Waals surface area contributed by atoms with E-state index < -0.39 is 35.2 Å². The molecule has 19 heavy (non-hydrogen) atoms. The molecule has 0 rings (SSSR count). The fraction of sp³-hybridized carbons (Fsp3) is 0.400. The zero-order chi connectivity index (χ0) is 15.3. The average Bonchev–Trinajstić information content (AvgIpc) is 2.26. The molecule has 0 heterocycles. The quantitative estimate of drug-likeness (QED) is 0.378. The molecule has 0 aliphatic rings. The summed E-state index contributed by atoms with van der Waals surface area (Å²) in [7, 11) is -4.81. The van der Waals surface area contributed by atoms with E-state index in [0.717, 1.165) is 0 Å². The second kappa shape index (κ2) is 11.4. The Morgan fingerprint density at radius 2 is 1.58 bits per heavy atom. The summed E-state index contributed by atoms with van der Waals surface area (Å²) >= 11 is 0. The van der Waals surface area contributed by atoms with E-state index in [2.05, 4.69) is 17.3 Å². The van der Waals surface area contributed by atoms with Crippen molar-refractivity contribution in [3.05, 3.63) is 25.3 Å². The lowest BCUT2D eigenvalue weighted by molar-refractivity contribution is -0.142. The minimum atomic E-state index is -4.81. The second-order valence-corrected chi connectivity index (χ2v) is 3.91. The van der Waals surface area contributed by atoms with Crippen LogP contribution in [0.15, 0.2) is 25.3 Å². The number of aliphatic carboxylic acids is 1. The third-order valence-corrected chi connectivity index (χ3v) is 1.61. The Morgan fingerprint density at radius 3 is 1.89 bits per heavy atom. The first-order chi connectivity index (χ1) is 8.72. The first-order valence-corrected chi connectivity index (χ1v) is 6.30. The van der Waals surface area contributed by atoms with Gasteiger partial charge in [-0.1, -0.05) is 12.2 Å². The highest BCUT2D eigenvalue weighted by Gasteiger charge is 2.13.